The van der Waals surface area contributed by atoms with Crippen molar-refractivity contribution < 1.29 is 18.7 Å². The van der Waals surface area contributed by atoms with Crippen molar-refractivity contribution >= 4 is 40.2 Å². The number of allylic oxidation sites excluding steroid dienone is 1. The Kier molecular flexibility index (Phi) is 7.14. The van der Waals surface area contributed by atoms with Crippen LogP contribution in [0, 0.1) is 0 Å². The number of carbonyl (C=O) groups is 2. The molecule has 2 heterocycles. The van der Waals surface area contributed by atoms with Crippen molar-refractivity contribution in [1.29, 1.82) is 0 Å². The summed E-state index contributed by atoms with van der Waals surface area (Å²) >= 11 is 6.08. The second-order valence-corrected chi connectivity index (χ2v) is 8.30. The number of carbonyl (C=O) groups excluding carboxylic acids is 2. The number of anilines is 2. The Balaban J connectivity index is 1.62. The Morgan fingerprint density at radius 2 is 2.03 bits per heavy atom. The number of ether oxygens (including phenoxy) is 1. The predicted molar refractivity (Wildman–Crippen MR) is 133 cm³/mol. The molecule has 0 aliphatic heterocycles. The van der Waals surface area contributed by atoms with Crippen molar-refractivity contribution in [1.82, 2.24) is 4.98 Å². The summed E-state index contributed by atoms with van der Waals surface area (Å²) in [6, 6.07) is 9.67. The number of halogens is 1. The maximum Gasteiger partial charge on any atom is 0.260 e. The molecule has 0 atom stereocenters. The number of Topliss-reactive ketones (excluding diaryl/α,β-unsaturated/α-hetero) is 1. The fraction of sp³-hybridized carbons (Fsp3) is 0.269. The van der Waals surface area contributed by atoms with Gasteiger partial charge in [0, 0.05) is 43.2 Å². The number of methoxy groups -OCH3 is 1. The smallest absolute Gasteiger partial charge is 0.260 e. The van der Waals surface area contributed by atoms with Gasteiger partial charge in [-0.05, 0) is 42.7 Å². The van der Waals surface area contributed by atoms with E-state index in [0.717, 1.165) is 29.9 Å². The molecule has 0 radical (unpaired) electrons. The summed E-state index contributed by atoms with van der Waals surface area (Å²) in [6.45, 7) is 6.19. The van der Waals surface area contributed by atoms with Gasteiger partial charge in [-0.2, -0.15) is 0 Å². The van der Waals surface area contributed by atoms with Crippen LogP contribution in [0.15, 0.2) is 59.0 Å². The van der Waals surface area contributed by atoms with Gasteiger partial charge in [-0.15, -0.1) is 0 Å². The van der Waals surface area contributed by atoms with E-state index in [9.17, 15) is 9.59 Å². The molecule has 176 valence electrons. The number of benzene rings is 1. The molecule has 0 spiro atoms. The lowest BCUT2D eigenvalue weighted by Gasteiger charge is -2.23. The van der Waals surface area contributed by atoms with Gasteiger partial charge in [0.05, 0.1) is 22.9 Å². The van der Waals surface area contributed by atoms with Gasteiger partial charge in [-0.25, -0.2) is 0 Å². The van der Waals surface area contributed by atoms with Gasteiger partial charge in [0.2, 0.25) is 5.78 Å². The van der Waals surface area contributed by atoms with E-state index in [0.29, 0.717) is 34.9 Å². The molecule has 34 heavy (non-hydrogen) atoms. The van der Waals surface area contributed by atoms with E-state index in [1.54, 1.807) is 19.4 Å². The topological polar surface area (TPSA) is 84.7 Å². The van der Waals surface area contributed by atoms with E-state index in [2.05, 4.69) is 22.1 Å². The number of fused-ring (bicyclic) bond motifs is 1. The van der Waals surface area contributed by atoms with Crippen molar-refractivity contribution in [3.05, 3.63) is 70.9 Å². The molecule has 0 bridgehead atoms. The molecule has 1 amide bonds. The van der Waals surface area contributed by atoms with Crippen molar-refractivity contribution in [2.75, 3.05) is 37.0 Å². The Bertz CT molecular complexity index is 1260. The summed E-state index contributed by atoms with van der Waals surface area (Å²) in [5.41, 5.74) is 4.72. The maximum absolute atomic E-state index is 13.3. The number of ketones is 1. The van der Waals surface area contributed by atoms with E-state index < -0.39 is 11.7 Å². The van der Waals surface area contributed by atoms with Gasteiger partial charge < -0.3 is 19.4 Å². The zero-order chi connectivity index (χ0) is 24.2. The highest BCUT2D eigenvalue weighted by Gasteiger charge is 2.35. The largest absolute Gasteiger partial charge is 0.470 e. The predicted octanol–water partition coefficient (Wildman–Crippen LogP) is 5.47. The van der Waals surface area contributed by atoms with Crippen LogP contribution >= 0.6 is 11.6 Å². The number of amides is 1. The molecule has 0 fully saturated rings. The minimum atomic E-state index is -0.495. The monoisotopic (exact) mass is 479 g/mol. The van der Waals surface area contributed by atoms with Gasteiger partial charge in [-0.1, -0.05) is 30.7 Å². The molecule has 4 rings (SSSR count). The molecule has 1 N–H and O–H groups in total. The number of pyridine rings is 1. The minimum Gasteiger partial charge on any atom is -0.470 e. The van der Waals surface area contributed by atoms with Crippen LogP contribution in [-0.2, 0) is 9.53 Å². The van der Waals surface area contributed by atoms with Crippen molar-refractivity contribution in [3.8, 4) is 11.1 Å². The molecule has 1 aliphatic carbocycles. The zero-order valence-electron chi connectivity index (χ0n) is 19.4. The van der Waals surface area contributed by atoms with E-state index in [1.807, 2.05) is 31.2 Å². The molecule has 0 saturated carbocycles. The summed E-state index contributed by atoms with van der Waals surface area (Å²) in [5.74, 6) is -0.894. The summed E-state index contributed by atoms with van der Waals surface area (Å²) < 4.78 is 10.7. The Labute approximate surface area is 203 Å². The van der Waals surface area contributed by atoms with Gasteiger partial charge >= 0.3 is 0 Å². The Morgan fingerprint density at radius 1 is 1.21 bits per heavy atom. The van der Waals surface area contributed by atoms with Crippen LogP contribution < -0.4 is 10.2 Å². The van der Waals surface area contributed by atoms with Crippen LogP contribution in [0.3, 0.4) is 0 Å². The van der Waals surface area contributed by atoms with Crippen molar-refractivity contribution in [3.63, 3.8) is 0 Å². The van der Waals surface area contributed by atoms with E-state index in [1.165, 1.54) is 12.5 Å². The lowest BCUT2D eigenvalue weighted by atomic mass is 10.0. The second-order valence-electron chi connectivity index (χ2n) is 7.86. The molecule has 1 aliphatic rings. The first kappa shape index (κ1) is 23.7. The first-order valence-electron chi connectivity index (χ1n) is 11.1. The SMILES string of the molecule is CCC1=C(C(=O)Nc2cocc2-c2cccc(N(CC)CCOC)c2)C(=O)c2ncc(Cl)cc21. The molecule has 8 heteroatoms. The van der Waals surface area contributed by atoms with E-state index in [-0.39, 0.29) is 11.3 Å². The van der Waals surface area contributed by atoms with Gasteiger partial charge in [0.1, 0.15) is 18.2 Å². The van der Waals surface area contributed by atoms with Gasteiger partial charge in [0.15, 0.2) is 0 Å². The van der Waals surface area contributed by atoms with E-state index >= 15 is 0 Å². The molecule has 0 saturated heterocycles. The third-order valence-electron chi connectivity index (χ3n) is 5.88. The first-order valence-corrected chi connectivity index (χ1v) is 11.5. The van der Waals surface area contributed by atoms with Gasteiger partial charge in [0.25, 0.3) is 5.91 Å². The highest BCUT2D eigenvalue weighted by atomic mass is 35.5. The molecule has 1 aromatic carbocycles. The third kappa shape index (κ3) is 4.49. The first-order chi connectivity index (χ1) is 16.5. The molecule has 7 nitrogen and oxygen atoms in total. The fourth-order valence-electron chi connectivity index (χ4n) is 4.19. The minimum absolute atomic E-state index is 0.0879. The average molecular weight is 480 g/mol. The number of hydrogen-bond acceptors (Lipinski definition) is 6. The third-order valence-corrected chi connectivity index (χ3v) is 6.09. The normalized spacial score (nSPS) is 12.8. The Morgan fingerprint density at radius 3 is 2.76 bits per heavy atom. The molecule has 2 aromatic heterocycles. The summed E-state index contributed by atoms with van der Waals surface area (Å²) in [7, 11) is 1.68. The summed E-state index contributed by atoms with van der Waals surface area (Å²) in [6.07, 6.45) is 4.97. The molecular formula is C26H26ClN3O4. The Hall–Kier alpha value is -3.42. The molecule has 0 unspecified atom stereocenters. The van der Waals surface area contributed by atoms with Crippen LogP contribution in [0.4, 0.5) is 11.4 Å². The van der Waals surface area contributed by atoms with Crippen molar-refractivity contribution in [2.45, 2.75) is 20.3 Å². The number of nitrogens with zero attached hydrogens (tertiary/aromatic N) is 2. The average Bonchev–Trinajstić information content (AvgIpc) is 3.41. The van der Waals surface area contributed by atoms with Crippen LogP contribution in [0.2, 0.25) is 5.02 Å². The second kappa shape index (κ2) is 10.2. The lowest BCUT2D eigenvalue weighted by Crippen LogP contribution is -2.26. The number of rotatable bonds is 9. The number of nitrogens with one attached hydrogen (secondary N) is 1. The number of aromatic nitrogens is 1. The van der Waals surface area contributed by atoms with Crippen LogP contribution in [0.25, 0.3) is 16.7 Å². The highest BCUT2D eigenvalue weighted by molar-refractivity contribution is 6.37. The maximum atomic E-state index is 13.3. The number of furan rings is 1. The standard InChI is InChI=1S/C26H26ClN3O4/c1-4-19-20-12-17(27)13-28-24(20)25(31)23(19)26(32)29-22-15-34-14-21(22)16-7-6-8-18(11-16)30(5-2)9-10-33-3/h6-8,11-15H,4-5,9-10H2,1-3H3,(H,29,32). The van der Waals surface area contributed by atoms with Gasteiger partial charge in [-0.3, -0.25) is 14.6 Å². The molecule has 3 aromatic rings. The van der Waals surface area contributed by atoms with Crippen molar-refractivity contribution in [2.24, 2.45) is 0 Å². The quantitative estimate of drug-likeness (QED) is 0.410. The summed E-state index contributed by atoms with van der Waals surface area (Å²) in [4.78, 5) is 32.6. The summed E-state index contributed by atoms with van der Waals surface area (Å²) in [5, 5.41) is 3.29. The zero-order valence-corrected chi connectivity index (χ0v) is 20.1. The van der Waals surface area contributed by atoms with Crippen LogP contribution in [-0.4, -0.2) is 43.5 Å². The number of likely N-dealkylation sites (N-methyl/N-ethyl adjacent to an activating group) is 1. The fourth-order valence-corrected chi connectivity index (χ4v) is 4.35. The number of hydrogen-bond donors (Lipinski definition) is 1. The highest BCUT2D eigenvalue weighted by Crippen LogP contribution is 2.37. The lowest BCUT2D eigenvalue weighted by molar-refractivity contribution is -0.112. The van der Waals surface area contributed by atoms with E-state index in [4.69, 9.17) is 20.8 Å². The molecular weight excluding hydrogens is 454 g/mol. The van der Waals surface area contributed by atoms with Crippen LogP contribution in [0.1, 0.15) is 36.3 Å². The van der Waals surface area contributed by atoms with Crippen LogP contribution in [0.5, 0.6) is 0 Å².